The van der Waals surface area contributed by atoms with E-state index in [9.17, 15) is 0 Å². The number of hydrogen-bond donors (Lipinski definition) is 0. The Hall–Kier alpha value is -9.38. The minimum atomic E-state index is 0.741. The monoisotopic (exact) mass is 946 g/mol. The zero-order valence-electron chi connectivity index (χ0n) is 40.9. The van der Waals surface area contributed by atoms with Gasteiger partial charge in [-0.15, -0.1) is 0 Å². The van der Waals surface area contributed by atoms with Crippen LogP contribution in [0.5, 0.6) is 0 Å². The topological polar surface area (TPSA) is 17.6 Å². The Morgan fingerprint density at radius 1 is 0.311 bits per heavy atom. The highest BCUT2D eigenvalue weighted by Gasteiger charge is 2.22. The van der Waals surface area contributed by atoms with Gasteiger partial charge in [-0.2, -0.15) is 0 Å². The van der Waals surface area contributed by atoms with Crippen LogP contribution < -0.4 is 9.13 Å². The molecule has 13 aromatic carbocycles. The highest BCUT2D eigenvalue weighted by atomic mass is 15.1. The van der Waals surface area contributed by atoms with Crippen molar-refractivity contribution >= 4 is 97.2 Å². The number of imidazole rings is 2. The summed E-state index contributed by atoms with van der Waals surface area (Å²) in [6, 6.07) is 85.5. The molecule has 15 aromatic rings. The van der Waals surface area contributed by atoms with Gasteiger partial charge in [0.1, 0.15) is 38.6 Å². The molecule has 0 amide bonds. The second kappa shape index (κ2) is 17.1. The molecule has 0 saturated carbocycles. The van der Waals surface area contributed by atoms with Crippen LogP contribution >= 0.6 is 0 Å². The van der Waals surface area contributed by atoms with Crippen LogP contribution in [-0.2, 0) is 26.2 Å². The maximum absolute atomic E-state index is 2.46. The Labute approximate surface area is 428 Å². The van der Waals surface area contributed by atoms with Crippen LogP contribution in [0.2, 0.25) is 0 Å². The predicted octanol–water partition coefficient (Wildman–Crippen LogP) is 16.1. The minimum absolute atomic E-state index is 0.741. The molecular weight excluding hydrogens is 897 g/mol. The van der Waals surface area contributed by atoms with Crippen LogP contribution in [0.1, 0.15) is 22.3 Å². The fourth-order valence-corrected chi connectivity index (χ4v) is 12.4. The second-order valence-electron chi connectivity index (χ2n) is 20.2. The molecule has 0 spiro atoms. The lowest BCUT2D eigenvalue weighted by Gasteiger charge is -2.14. The average molecular weight is 947 g/mol. The highest BCUT2D eigenvalue weighted by Crippen LogP contribution is 2.37. The summed E-state index contributed by atoms with van der Waals surface area (Å²) in [7, 11) is 0. The first-order valence-corrected chi connectivity index (χ1v) is 25.8. The number of fused-ring (bicyclic) bond motifs is 9. The molecule has 2 aromatic heterocycles. The molecule has 74 heavy (non-hydrogen) atoms. The van der Waals surface area contributed by atoms with E-state index in [4.69, 9.17) is 0 Å². The molecule has 0 aliphatic heterocycles. The zero-order valence-corrected chi connectivity index (χ0v) is 40.9. The number of para-hydroxylation sites is 2. The van der Waals surface area contributed by atoms with Gasteiger partial charge in [-0.1, -0.05) is 182 Å². The number of nitrogens with zero attached hydrogens (tertiary/aromatic N) is 4. The Morgan fingerprint density at radius 2 is 0.743 bits per heavy atom. The van der Waals surface area contributed by atoms with Crippen LogP contribution in [0.4, 0.5) is 0 Å². The second-order valence-corrected chi connectivity index (χ2v) is 20.2. The molecule has 0 radical (unpaired) electrons. The van der Waals surface area contributed by atoms with Gasteiger partial charge in [0.2, 0.25) is 12.7 Å². The highest BCUT2D eigenvalue weighted by molar-refractivity contribution is 6.07. The first-order chi connectivity index (χ1) is 36.6. The van der Waals surface area contributed by atoms with Gasteiger partial charge >= 0.3 is 0 Å². The van der Waals surface area contributed by atoms with Crippen LogP contribution in [-0.4, -0.2) is 9.13 Å². The molecule has 15 rings (SSSR count). The third kappa shape index (κ3) is 7.13. The van der Waals surface area contributed by atoms with Gasteiger partial charge in [0.15, 0.2) is 11.0 Å². The Balaban J connectivity index is 0.803. The van der Waals surface area contributed by atoms with E-state index in [0.717, 1.165) is 26.2 Å². The Morgan fingerprint density at radius 3 is 1.32 bits per heavy atom. The van der Waals surface area contributed by atoms with Crippen LogP contribution in [0, 0.1) is 0 Å². The summed E-state index contributed by atoms with van der Waals surface area (Å²) in [6.45, 7) is 3.06. The molecule has 4 heteroatoms. The molecule has 0 fully saturated rings. The lowest BCUT2D eigenvalue weighted by molar-refractivity contribution is -0.687. The summed E-state index contributed by atoms with van der Waals surface area (Å²) in [4.78, 5) is 0. The van der Waals surface area contributed by atoms with Gasteiger partial charge < -0.3 is 0 Å². The molecule has 0 aliphatic carbocycles. The number of hydrogen-bond acceptors (Lipinski definition) is 0. The fraction of sp³-hybridized carbons (Fsp3) is 0.0571. The SMILES string of the molecule is c1ccc2c(Cn3cc[n+](Cc4c5ccccc5cc5ccccc45)c3)c3cc(-c4ccc5c(Cn6c[n+](Cc7c8ccccc8cc8ccccc78)c7ccccc76)c6ccccc6cc5c4)ccc3cc2c1. The van der Waals surface area contributed by atoms with Gasteiger partial charge in [0.05, 0.1) is 0 Å². The molecule has 0 saturated heterocycles. The van der Waals surface area contributed by atoms with E-state index in [1.54, 1.807) is 0 Å². The van der Waals surface area contributed by atoms with Crippen molar-refractivity contribution in [3.05, 3.63) is 278 Å². The van der Waals surface area contributed by atoms with E-state index in [1.165, 1.54) is 131 Å². The average Bonchev–Trinajstić information content (AvgIpc) is 4.06. The largest absolute Gasteiger partial charge is 0.245 e. The summed E-state index contributed by atoms with van der Waals surface area (Å²) >= 11 is 0. The summed E-state index contributed by atoms with van der Waals surface area (Å²) in [5, 5.41) is 20.5. The van der Waals surface area contributed by atoms with Crippen molar-refractivity contribution in [2.75, 3.05) is 0 Å². The van der Waals surface area contributed by atoms with Gasteiger partial charge in [0.25, 0.3) is 0 Å². The molecule has 348 valence electrons. The predicted molar refractivity (Wildman–Crippen MR) is 308 cm³/mol. The first kappa shape index (κ1) is 42.3. The van der Waals surface area contributed by atoms with E-state index < -0.39 is 0 Å². The van der Waals surface area contributed by atoms with E-state index in [1.807, 2.05) is 0 Å². The molecule has 4 nitrogen and oxygen atoms in total. The van der Waals surface area contributed by atoms with E-state index in [0.29, 0.717) is 0 Å². The van der Waals surface area contributed by atoms with Crippen molar-refractivity contribution in [2.24, 2.45) is 0 Å². The van der Waals surface area contributed by atoms with Crippen molar-refractivity contribution < 1.29 is 9.13 Å². The number of rotatable bonds is 9. The third-order valence-corrected chi connectivity index (χ3v) is 15.9. The van der Waals surface area contributed by atoms with Gasteiger partial charge in [-0.05, 0) is 146 Å². The molecule has 0 atom stereocenters. The Kier molecular flexibility index (Phi) is 9.80. The number of benzene rings is 13. The van der Waals surface area contributed by atoms with Crippen molar-refractivity contribution in [1.29, 1.82) is 0 Å². The fourth-order valence-electron chi connectivity index (χ4n) is 12.4. The maximum atomic E-state index is 2.46. The number of aromatic nitrogens is 4. The summed E-state index contributed by atoms with van der Waals surface area (Å²) < 4.78 is 9.61. The lowest BCUT2D eigenvalue weighted by Crippen LogP contribution is -2.33. The normalized spacial score (nSPS) is 12.0. The standard InChI is InChI=1S/C70H50N4/c1-7-21-57-49(15-1)36-50-16-2-8-22-58(50)65(57)41-71-33-34-72(45-71)42-66-59-23-9-3-19-53(59)38-55-30-29-48(40-64(55)66)47-31-32-63-56(35-47)39-54-20-6-12-26-62(54)68(63)44-74-46-73(69-27-13-14-28-70(69)74)43-67-60-24-10-4-17-51(60)37-52-18-5-11-25-61(52)67/h1-40,45-46H,41-44H2/q+2. The molecule has 0 unspecified atom stereocenters. The summed E-state index contributed by atoms with van der Waals surface area (Å²) in [5.74, 6) is 0. The Bertz CT molecular complexity index is 4640. The molecule has 0 aliphatic rings. The van der Waals surface area contributed by atoms with Crippen molar-refractivity contribution in [1.82, 2.24) is 9.13 Å². The van der Waals surface area contributed by atoms with Crippen molar-refractivity contribution in [3.63, 3.8) is 0 Å². The maximum Gasteiger partial charge on any atom is 0.245 e. The van der Waals surface area contributed by atoms with Gasteiger partial charge in [0, 0.05) is 22.3 Å². The summed E-state index contributed by atoms with van der Waals surface area (Å²) in [6.07, 6.45) is 9.09. The zero-order chi connectivity index (χ0) is 48.7. The summed E-state index contributed by atoms with van der Waals surface area (Å²) in [5.41, 5.74) is 10.2. The van der Waals surface area contributed by atoms with Gasteiger partial charge in [-0.3, -0.25) is 0 Å². The van der Waals surface area contributed by atoms with Crippen molar-refractivity contribution in [3.8, 4) is 11.1 Å². The van der Waals surface area contributed by atoms with E-state index in [2.05, 4.69) is 274 Å². The van der Waals surface area contributed by atoms with Crippen LogP contribution in [0.3, 0.4) is 0 Å². The lowest BCUT2D eigenvalue weighted by atomic mass is 9.91. The van der Waals surface area contributed by atoms with Crippen LogP contribution in [0.25, 0.3) is 108 Å². The molecule has 0 N–H and O–H groups in total. The molecule has 0 bridgehead atoms. The third-order valence-electron chi connectivity index (χ3n) is 15.9. The molecule has 2 heterocycles. The van der Waals surface area contributed by atoms with Gasteiger partial charge in [-0.25, -0.2) is 18.3 Å². The quantitative estimate of drug-likeness (QED) is 0.101. The van der Waals surface area contributed by atoms with Crippen LogP contribution in [0.15, 0.2) is 256 Å². The molecular formula is C70H50N4+2. The smallest absolute Gasteiger partial charge is 0.233 e. The first-order valence-electron chi connectivity index (χ1n) is 25.8. The van der Waals surface area contributed by atoms with E-state index >= 15 is 0 Å². The van der Waals surface area contributed by atoms with Crippen molar-refractivity contribution in [2.45, 2.75) is 26.2 Å². The minimum Gasteiger partial charge on any atom is -0.233 e. The van der Waals surface area contributed by atoms with E-state index in [-0.39, 0.29) is 0 Å².